The molecule has 1 aliphatic rings. The van der Waals surface area contributed by atoms with Crippen LogP contribution < -0.4 is 5.73 Å². The highest BCUT2D eigenvalue weighted by molar-refractivity contribution is 5.81. The number of hydrogen-bond acceptors (Lipinski definition) is 1. The van der Waals surface area contributed by atoms with E-state index >= 15 is 0 Å². The first-order valence-corrected chi connectivity index (χ1v) is 5.37. The summed E-state index contributed by atoms with van der Waals surface area (Å²) in [7, 11) is 0. The van der Waals surface area contributed by atoms with E-state index in [0.29, 0.717) is 5.92 Å². The van der Waals surface area contributed by atoms with E-state index in [0.717, 1.165) is 25.7 Å². The zero-order valence-electron chi connectivity index (χ0n) is 8.81. The molecule has 0 bridgehead atoms. The Bertz CT molecular complexity index is 181. The van der Waals surface area contributed by atoms with Crippen LogP contribution in [0.1, 0.15) is 52.4 Å². The van der Waals surface area contributed by atoms with Gasteiger partial charge in [-0.3, -0.25) is 4.79 Å². The number of primary amides is 1. The lowest BCUT2D eigenvalue weighted by Gasteiger charge is -2.25. The summed E-state index contributed by atoms with van der Waals surface area (Å²) in [4.78, 5) is 11.4. The molecule has 1 rings (SSSR count). The topological polar surface area (TPSA) is 43.1 Å². The van der Waals surface area contributed by atoms with Crippen molar-refractivity contribution >= 4 is 5.91 Å². The summed E-state index contributed by atoms with van der Waals surface area (Å²) in [6, 6.07) is 0. The minimum Gasteiger partial charge on any atom is -0.369 e. The van der Waals surface area contributed by atoms with E-state index in [1.54, 1.807) is 0 Å². The molecule has 2 N–H and O–H groups in total. The van der Waals surface area contributed by atoms with Crippen LogP contribution in [0.2, 0.25) is 0 Å². The average molecular weight is 183 g/mol. The van der Waals surface area contributed by atoms with Crippen LogP contribution in [0.3, 0.4) is 0 Å². The zero-order chi connectivity index (χ0) is 9.90. The van der Waals surface area contributed by atoms with Gasteiger partial charge in [0.25, 0.3) is 0 Å². The standard InChI is InChI=1S/C11H21NO/c1-9(2)5-8-11(10(12)13)6-3-4-7-11/h9H,3-8H2,1-2H3,(H2,12,13). The van der Waals surface area contributed by atoms with E-state index in [-0.39, 0.29) is 11.3 Å². The highest BCUT2D eigenvalue weighted by atomic mass is 16.1. The third-order valence-corrected chi connectivity index (χ3v) is 3.28. The van der Waals surface area contributed by atoms with Crippen LogP contribution in [0.4, 0.5) is 0 Å². The molecule has 2 nitrogen and oxygen atoms in total. The quantitative estimate of drug-likeness (QED) is 0.714. The lowest BCUT2D eigenvalue weighted by molar-refractivity contribution is -0.128. The monoisotopic (exact) mass is 183 g/mol. The van der Waals surface area contributed by atoms with Gasteiger partial charge in [0, 0.05) is 5.41 Å². The molecule has 1 aliphatic carbocycles. The van der Waals surface area contributed by atoms with Crippen molar-refractivity contribution in [1.29, 1.82) is 0 Å². The van der Waals surface area contributed by atoms with Gasteiger partial charge >= 0.3 is 0 Å². The first-order chi connectivity index (χ1) is 6.07. The number of carbonyl (C=O) groups excluding carboxylic acids is 1. The maximum Gasteiger partial charge on any atom is 0.223 e. The largest absolute Gasteiger partial charge is 0.369 e. The van der Waals surface area contributed by atoms with Crippen LogP contribution in [0, 0.1) is 11.3 Å². The molecule has 0 aromatic rings. The van der Waals surface area contributed by atoms with E-state index in [2.05, 4.69) is 13.8 Å². The third kappa shape index (κ3) is 2.45. The van der Waals surface area contributed by atoms with Crippen molar-refractivity contribution in [2.24, 2.45) is 17.1 Å². The third-order valence-electron chi connectivity index (χ3n) is 3.28. The van der Waals surface area contributed by atoms with E-state index in [1.807, 2.05) is 0 Å². The molecule has 0 radical (unpaired) electrons. The number of carbonyl (C=O) groups is 1. The van der Waals surface area contributed by atoms with Crippen molar-refractivity contribution in [3.05, 3.63) is 0 Å². The Labute approximate surface area is 80.9 Å². The van der Waals surface area contributed by atoms with Gasteiger partial charge in [-0.25, -0.2) is 0 Å². The molecule has 13 heavy (non-hydrogen) atoms. The Morgan fingerprint density at radius 1 is 1.38 bits per heavy atom. The molecule has 1 amide bonds. The Morgan fingerprint density at radius 3 is 2.31 bits per heavy atom. The van der Waals surface area contributed by atoms with E-state index < -0.39 is 0 Å². The fourth-order valence-electron chi connectivity index (χ4n) is 2.24. The normalized spacial score (nSPS) is 20.8. The number of hydrogen-bond donors (Lipinski definition) is 1. The van der Waals surface area contributed by atoms with Gasteiger partial charge < -0.3 is 5.73 Å². The summed E-state index contributed by atoms with van der Waals surface area (Å²) in [5.74, 6) is 0.613. The molecule has 0 aromatic heterocycles. The van der Waals surface area contributed by atoms with Gasteiger partial charge in [0.2, 0.25) is 5.91 Å². The van der Waals surface area contributed by atoms with Gasteiger partial charge in [-0.15, -0.1) is 0 Å². The van der Waals surface area contributed by atoms with Crippen molar-refractivity contribution in [2.75, 3.05) is 0 Å². The predicted molar refractivity (Wildman–Crippen MR) is 54.2 cm³/mol. The minimum absolute atomic E-state index is 0.0642. The molecular formula is C11H21NO. The van der Waals surface area contributed by atoms with Crippen molar-refractivity contribution in [3.63, 3.8) is 0 Å². The summed E-state index contributed by atoms with van der Waals surface area (Å²) in [5.41, 5.74) is 5.35. The molecule has 0 spiro atoms. The smallest absolute Gasteiger partial charge is 0.223 e. The Kier molecular flexibility index (Phi) is 3.34. The van der Waals surface area contributed by atoms with Gasteiger partial charge in [0.1, 0.15) is 0 Å². The maximum atomic E-state index is 11.4. The molecule has 1 fully saturated rings. The van der Waals surface area contributed by atoms with Crippen LogP contribution in [0.5, 0.6) is 0 Å². The Balaban J connectivity index is 2.52. The predicted octanol–water partition coefficient (Wildman–Crippen LogP) is 2.47. The SMILES string of the molecule is CC(C)CCC1(C(N)=O)CCCC1. The van der Waals surface area contributed by atoms with Crippen LogP contribution in [-0.2, 0) is 4.79 Å². The van der Waals surface area contributed by atoms with Crippen molar-refractivity contribution in [3.8, 4) is 0 Å². The molecule has 0 heterocycles. The zero-order valence-corrected chi connectivity index (χ0v) is 8.81. The first-order valence-electron chi connectivity index (χ1n) is 5.37. The molecule has 76 valence electrons. The minimum atomic E-state index is -0.135. The molecular weight excluding hydrogens is 162 g/mol. The molecule has 0 unspecified atom stereocenters. The summed E-state index contributed by atoms with van der Waals surface area (Å²) in [6.07, 6.45) is 6.54. The molecule has 1 saturated carbocycles. The number of rotatable bonds is 4. The van der Waals surface area contributed by atoms with Crippen LogP contribution in [-0.4, -0.2) is 5.91 Å². The summed E-state index contributed by atoms with van der Waals surface area (Å²) >= 11 is 0. The van der Waals surface area contributed by atoms with Gasteiger partial charge in [0.15, 0.2) is 0 Å². The van der Waals surface area contributed by atoms with E-state index in [1.165, 1.54) is 12.8 Å². The first kappa shape index (κ1) is 10.6. The van der Waals surface area contributed by atoms with Crippen molar-refractivity contribution in [1.82, 2.24) is 0 Å². The van der Waals surface area contributed by atoms with Crippen molar-refractivity contribution in [2.45, 2.75) is 52.4 Å². The second-order valence-corrected chi connectivity index (χ2v) is 4.78. The lowest BCUT2D eigenvalue weighted by atomic mass is 9.79. The average Bonchev–Trinajstić information content (AvgIpc) is 2.50. The molecule has 0 saturated heterocycles. The lowest BCUT2D eigenvalue weighted by Crippen LogP contribution is -2.34. The van der Waals surface area contributed by atoms with Gasteiger partial charge in [-0.1, -0.05) is 26.7 Å². The summed E-state index contributed by atoms with van der Waals surface area (Å²) in [6.45, 7) is 4.40. The van der Waals surface area contributed by atoms with Crippen molar-refractivity contribution < 1.29 is 4.79 Å². The van der Waals surface area contributed by atoms with Crippen LogP contribution >= 0.6 is 0 Å². The summed E-state index contributed by atoms with van der Waals surface area (Å²) in [5, 5.41) is 0. The Morgan fingerprint density at radius 2 is 1.92 bits per heavy atom. The highest BCUT2D eigenvalue weighted by Crippen LogP contribution is 2.42. The number of nitrogens with two attached hydrogens (primary N) is 1. The Hall–Kier alpha value is -0.530. The molecule has 0 aromatic carbocycles. The van der Waals surface area contributed by atoms with Crippen LogP contribution in [0.15, 0.2) is 0 Å². The van der Waals surface area contributed by atoms with Gasteiger partial charge in [-0.05, 0) is 31.6 Å². The van der Waals surface area contributed by atoms with E-state index in [9.17, 15) is 4.79 Å². The van der Waals surface area contributed by atoms with E-state index in [4.69, 9.17) is 5.73 Å². The van der Waals surface area contributed by atoms with Gasteiger partial charge in [0.05, 0.1) is 0 Å². The summed E-state index contributed by atoms with van der Waals surface area (Å²) < 4.78 is 0. The second-order valence-electron chi connectivity index (χ2n) is 4.78. The second kappa shape index (κ2) is 4.12. The fourth-order valence-corrected chi connectivity index (χ4v) is 2.24. The van der Waals surface area contributed by atoms with Crippen LogP contribution in [0.25, 0.3) is 0 Å². The highest BCUT2D eigenvalue weighted by Gasteiger charge is 2.38. The molecule has 2 heteroatoms. The number of amides is 1. The molecule has 0 atom stereocenters. The molecule has 0 aliphatic heterocycles. The van der Waals surface area contributed by atoms with Gasteiger partial charge in [-0.2, -0.15) is 0 Å². The maximum absolute atomic E-state index is 11.4. The fraction of sp³-hybridized carbons (Fsp3) is 0.909.